The molecule has 0 spiro atoms. The van der Waals surface area contributed by atoms with Crippen LogP contribution < -0.4 is 42.3 Å². The quantitative estimate of drug-likeness (QED) is 0.0474. The zero-order chi connectivity index (χ0) is 38.6. The number of rotatable bonds is 18. The average molecular weight is 791 g/mol. The smallest absolute Gasteiger partial charge is 0.493 e. The van der Waals surface area contributed by atoms with Crippen molar-refractivity contribution in [3.63, 3.8) is 0 Å². The highest BCUT2D eigenvalue weighted by Crippen LogP contribution is 2.46. The molecule has 0 aliphatic heterocycles. The highest BCUT2D eigenvalue weighted by Gasteiger charge is 2.36. The Morgan fingerprint density at radius 1 is 0.382 bits per heavy atom. The van der Waals surface area contributed by atoms with E-state index in [1.54, 1.807) is 92.0 Å². The topological polar surface area (TPSA) is 116 Å². The Morgan fingerprint density at radius 3 is 1.02 bits per heavy atom. The van der Waals surface area contributed by atoms with Gasteiger partial charge in [-0.05, 0) is 71.0 Å². The summed E-state index contributed by atoms with van der Waals surface area (Å²) in [5.74, 6) is 2.69. The van der Waals surface area contributed by atoms with Crippen LogP contribution >= 0.6 is 17.2 Å². The third-order valence-corrected chi connectivity index (χ3v) is 14.0. The first-order valence-electron chi connectivity index (χ1n) is 17.0. The van der Waals surface area contributed by atoms with E-state index in [2.05, 4.69) is 13.1 Å². The van der Waals surface area contributed by atoms with Crippen LogP contribution in [0, 0.1) is 0 Å². The van der Waals surface area contributed by atoms with Crippen molar-refractivity contribution in [2.75, 3.05) is 7.11 Å². The molecule has 6 aromatic carbocycles. The van der Waals surface area contributed by atoms with Crippen molar-refractivity contribution in [2.24, 2.45) is 0 Å². The largest absolute Gasteiger partial charge is 0.530 e. The molecule has 0 heterocycles. The first-order chi connectivity index (χ1) is 26.8. The van der Waals surface area contributed by atoms with Crippen molar-refractivity contribution < 1.29 is 46.3 Å². The molecule has 10 nitrogen and oxygen atoms in total. The van der Waals surface area contributed by atoms with Crippen LogP contribution in [-0.2, 0) is 0 Å². The summed E-state index contributed by atoms with van der Waals surface area (Å²) in [4.78, 5) is 35.7. The normalized spacial score (nSPS) is 11.5. The molecule has 0 saturated carbocycles. The number of benzene rings is 6. The van der Waals surface area contributed by atoms with E-state index in [1.807, 2.05) is 60.7 Å². The molecular formula is C42H36O10P2Si. The Hall–Kier alpha value is -5.99. The van der Waals surface area contributed by atoms with E-state index >= 15 is 0 Å². The summed E-state index contributed by atoms with van der Waals surface area (Å²) in [5.41, 5.74) is 0.957. The van der Waals surface area contributed by atoms with Crippen LogP contribution in [0.1, 0.15) is 31.1 Å². The van der Waals surface area contributed by atoms with Crippen LogP contribution in [0.15, 0.2) is 146 Å². The Kier molecular flexibility index (Phi) is 12.9. The summed E-state index contributed by atoms with van der Waals surface area (Å²) in [6, 6.07) is 42.7. The highest BCUT2D eigenvalue weighted by molar-refractivity contribution is 7.43. The van der Waals surface area contributed by atoms with Crippen molar-refractivity contribution in [3.8, 4) is 40.2 Å². The van der Waals surface area contributed by atoms with Gasteiger partial charge in [-0.1, -0.05) is 98.0 Å². The fraction of sp³-hybridized carbons (Fsp3) is 0.0714. The Balaban J connectivity index is 1.36. The zero-order valence-corrected chi connectivity index (χ0v) is 32.9. The molecule has 278 valence electrons. The molecule has 13 heteroatoms. The Labute approximate surface area is 322 Å². The van der Waals surface area contributed by atoms with E-state index < -0.39 is 25.3 Å². The van der Waals surface area contributed by atoms with Crippen LogP contribution in [0.2, 0.25) is 13.1 Å². The molecule has 0 aliphatic carbocycles. The van der Waals surface area contributed by atoms with Gasteiger partial charge in [-0.15, -0.1) is 0 Å². The zero-order valence-electron chi connectivity index (χ0n) is 30.1. The fourth-order valence-corrected chi connectivity index (χ4v) is 10.7. The molecule has 0 amide bonds. The number of carbonyl (C=O) groups is 3. The molecule has 55 heavy (non-hydrogen) atoms. The molecule has 0 aliphatic rings. The van der Waals surface area contributed by atoms with Gasteiger partial charge in [-0.25, -0.2) is 0 Å². The summed E-state index contributed by atoms with van der Waals surface area (Å²) in [5, 5.41) is 1.76. The molecule has 6 aromatic rings. The minimum absolute atomic E-state index is 0.263. The number of para-hydroxylation sites is 7. The van der Waals surface area contributed by atoms with E-state index in [0.29, 0.717) is 64.3 Å². The van der Waals surface area contributed by atoms with E-state index in [4.69, 9.17) is 31.9 Å². The lowest BCUT2D eigenvalue weighted by Gasteiger charge is -2.29. The molecule has 0 radical (unpaired) electrons. The lowest BCUT2D eigenvalue weighted by Crippen LogP contribution is -2.53. The van der Waals surface area contributed by atoms with Gasteiger partial charge in [0, 0.05) is 0 Å². The van der Waals surface area contributed by atoms with Gasteiger partial charge in [0.15, 0.2) is 30.4 Å². The molecule has 0 fully saturated rings. The van der Waals surface area contributed by atoms with Crippen molar-refractivity contribution in [1.29, 1.82) is 0 Å². The van der Waals surface area contributed by atoms with Crippen LogP contribution in [0.5, 0.6) is 40.2 Å². The van der Waals surface area contributed by atoms with Gasteiger partial charge in [-0.2, -0.15) is 0 Å². The Morgan fingerprint density at radius 2 is 0.655 bits per heavy atom. The minimum Gasteiger partial charge on any atom is -0.493 e. The molecule has 6 rings (SSSR count). The second kappa shape index (κ2) is 18.4. The number of aldehydes is 3. The third kappa shape index (κ3) is 9.39. The Bertz CT molecular complexity index is 2210. The van der Waals surface area contributed by atoms with Crippen LogP contribution in [0.4, 0.5) is 0 Å². The average Bonchev–Trinajstić information content (AvgIpc) is 3.22. The predicted molar refractivity (Wildman–Crippen MR) is 216 cm³/mol. The second-order valence-corrected chi connectivity index (χ2v) is 18.5. The van der Waals surface area contributed by atoms with Crippen molar-refractivity contribution >= 4 is 54.5 Å². The van der Waals surface area contributed by atoms with Gasteiger partial charge in [0.1, 0.15) is 36.8 Å². The van der Waals surface area contributed by atoms with E-state index in [-0.39, 0.29) is 11.5 Å². The minimum atomic E-state index is -2.76. The van der Waals surface area contributed by atoms with Crippen LogP contribution in [0.25, 0.3) is 0 Å². The molecule has 0 N–H and O–H groups in total. The van der Waals surface area contributed by atoms with Gasteiger partial charge in [-0.3, -0.25) is 14.4 Å². The standard InChI is InChI=1S/C42H36O10P2Si/c1-46-37-22-10-11-23-38(37)50-54(49-36-21-9-6-18-33(36)30-45)52-40-25-13-15-27-42(40)55(2,3)41-26-14-12-24-39(41)51-53(47-34-19-7-4-16-31(34)28-43)48-35-20-8-5-17-32(35)29-44/h4-30H,1-3H3. The number of hydrogen-bond acceptors (Lipinski definition) is 10. The summed E-state index contributed by atoms with van der Waals surface area (Å²) in [6.45, 7) is 4.30. The molecule has 0 aromatic heterocycles. The van der Waals surface area contributed by atoms with Crippen molar-refractivity contribution in [2.45, 2.75) is 13.1 Å². The lowest BCUT2D eigenvalue weighted by molar-refractivity contribution is 0.111. The van der Waals surface area contributed by atoms with E-state index in [0.717, 1.165) is 10.4 Å². The van der Waals surface area contributed by atoms with Crippen molar-refractivity contribution in [3.05, 3.63) is 162 Å². The van der Waals surface area contributed by atoms with Crippen molar-refractivity contribution in [1.82, 2.24) is 0 Å². The van der Waals surface area contributed by atoms with Gasteiger partial charge in [0.25, 0.3) is 0 Å². The summed E-state index contributed by atoms with van der Waals surface area (Å²) < 4.78 is 43.8. The number of ether oxygens (including phenoxy) is 1. The third-order valence-electron chi connectivity index (χ3n) is 8.37. The first-order valence-corrected chi connectivity index (χ1v) is 22.2. The lowest BCUT2D eigenvalue weighted by atomic mass is 10.2. The van der Waals surface area contributed by atoms with Gasteiger partial charge >= 0.3 is 17.2 Å². The monoisotopic (exact) mass is 790 g/mol. The molecule has 1 unspecified atom stereocenters. The first kappa shape index (κ1) is 38.7. The highest BCUT2D eigenvalue weighted by atomic mass is 31.2. The van der Waals surface area contributed by atoms with Crippen LogP contribution in [0.3, 0.4) is 0 Å². The SMILES string of the molecule is COc1ccccc1OP(Oc1ccccc1C=O)Oc1ccccc1[Si](C)(C)c1ccccc1OP(Oc1ccccc1C=O)Oc1ccccc1C=O. The molecular weight excluding hydrogens is 754 g/mol. The van der Waals surface area contributed by atoms with Gasteiger partial charge in [0.2, 0.25) is 0 Å². The summed E-state index contributed by atoms with van der Waals surface area (Å²) in [6.07, 6.45) is 2.09. The molecule has 0 bridgehead atoms. The number of hydrogen-bond donors (Lipinski definition) is 0. The van der Waals surface area contributed by atoms with Gasteiger partial charge < -0.3 is 31.9 Å². The maximum absolute atomic E-state index is 11.9. The van der Waals surface area contributed by atoms with Crippen LogP contribution in [-0.4, -0.2) is 34.0 Å². The summed E-state index contributed by atoms with van der Waals surface area (Å²) in [7, 11) is -5.67. The second-order valence-electron chi connectivity index (χ2n) is 12.2. The maximum Gasteiger partial charge on any atom is 0.530 e. The molecule has 0 saturated heterocycles. The number of methoxy groups -OCH3 is 1. The van der Waals surface area contributed by atoms with E-state index in [9.17, 15) is 14.4 Å². The van der Waals surface area contributed by atoms with Gasteiger partial charge in [0.05, 0.1) is 23.8 Å². The predicted octanol–water partition coefficient (Wildman–Crippen LogP) is 9.48. The maximum atomic E-state index is 11.9. The van der Waals surface area contributed by atoms with E-state index in [1.165, 1.54) is 0 Å². The molecule has 1 atom stereocenters. The number of carbonyl (C=O) groups excluding carboxylic acids is 3. The summed E-state index contributed by atoms with van der Waals surface area (Å²) >= 11 is 0. The fourth-order valence-electron chi connectivity index (χ4n) is 5.54.